The Bertz CT molecular complexity index is 4640. The molecule has 0 saturated heterocycles. The summed E-state index contributed by atoms with van der Waals surface area (Å²) in [4.78, 5) is 10.0. The van der Waals surface area contributed by atoms with Crippen LogP contribution in [0.4, 0.5) is 22.7 Å². The highest BCUT2D eigenvalue weighted by atomic mass is 16.5. The first-order valence-corrected chi connectivity index (χ1v) is 28.2. The number of aromatic nitrogens is 3. The highest BCUT2D eigenvalue weighted by Crippen LogP contribution is 2.51. The quantitative estimate of drug-likeness (QED) is 0.137. The monoisotopic (exact) mass is 1060 g/mol. The van der Waals surface area contributed by atoms with Gasteiger partial charge in [-0.15, -0.1) is 0 Å². The Morgan fingerprint density at radius 1 is 0.378 bits per heavy atom. The van der Waals surface area contributed by atoms with Gasteiger partial charge in [-0.1, -0.05) is 197 Å². The molecule has 15 rings (SSSR count). The third kappa shape index (κ3) is 8.38. The molecule has 0 fully saturated rings. The molecule has 0 amide bonds. The number of benzene rings is 11. The van der Waals surface area contributed by atoms with Crippen molar-refractivity contribution in [1.29, 1.82) is 0 Å². The Morgan fingerprint density at radius 2 is 0.939 bits per heavy atom. The van der Waals surface area contributed by atoms with E-state index in [1.807, 2.05) is 6.20 Å². The van der Waals surface area contributed by atoms with Crippen molar-refractivity contribution in [3.05, 3.63) is 285 Å². The predicted molar refractivity (Wildman–Crippen MR) is 342 cm³/mol. The zero-order valence-corrected chi connectivity index (χ0v) is 45.9. The van der Waals surface area contributed by atoms with Crippen LogP contribution in [0.15, 0.2) is 279 Å². The summed E-state index contributed by atoms with van der Waals surface area (Å²) < 4.78 is 11.8. The first-order chi connectivity index (χ1) is 40.3. The van der Waals surface area contributed by atoms with Crippen LogP contribution in [-0.4, -0.2) is 20.8 Å². The van der Waals surface area contributed by atoms with E-state index in [9.17, 15) is 0 Å². The first kappa shape index (κ1) is 48.7. The van der Waals surface area contributed by atoms with Gasteiger partial charge in [0.15, 0.2) is 0 Å². The second-order valence-electron chi connectivity index (χ2n) is 22.4. The number of para-hydroxylation sites is 5. The van der Waals surface area contributed by atoms with Gasteiger partial charge >= 0.3 is 0 Å². The van der Waals surface area contributed by atoms with E-state index in [2.05, 4.69) is 313 Å². The van der Waals surface area contributed by atoms with E-state index in [1.54, 1.807) is 0 Å². The minimum Gasteiger partial charge on any atom is -0.457 e. The third-order valence-corrected chi connectivity index (χ3v) is 16.4. The molecule has 0 N–H and O–H groups in total. The van der Waals surface area contributed by atoms with Gasteiger partial charge in [0.05, 0.1) is 39.1 Å². The van der Waals surface area contributed by atoms with Crippen LogP contribution >= 0.6 is 0 Å². The van der Waals surface area contributed by atoms with Crippen LogP contribution in [0.2, 0.25) is 0 Å². The van der Waals surface area contributed by atoms with Gasteiger partial charge in [0.1, 0.15) is 24.0 Å². The van der Waals surface area contributed by atoms with Crippen LogP contribution < -0.4 is 14.5 Å². The van der Waals surface area contributed by atoms with Gasteiger partial charge in [0.2, 0.25) is 0 Å². The molecule has 392 valence electrons. The highest BCUT2D eigenvalue weighted by Gasteiger charge is 2.32. The average molecular weight is 1060 g/mol. The van der Waals surface area contributed by atoms with Crippen molar-refractivity contribution in [2.24, 2.45) is 0 Å². The van der Waals surface area contributed by atoms with Crippen LogP contribution in [0.5, 0.6) is 11.5 Å². The second-order valence-corrected chi connectivity index (χ2v) is 22.4. The molecule has 0 bridgehead atoms. The lowest BCUT2D eigenvalue weighted by atomic mass is 9.88. The van der Waals surface area contributed by atoms with E-state index in [1.165, 1.54) is 49.5 Å². The van der Waals surface area contributed by atoms with Gasteiger partial charge in [-0.3, -0.25) is 4.57 Å². The Balaban J connectivity index is 0.849. The van der Waals surface area contributed by atoms with E-state index in [0.29, 0.717) is 6.67 Å². The van der Waals surface area contributed by atoms with Crippen molar-refractivity contribution in [3.63, 3.8) is 0 Å². The van der Waals surface area contributed by atoms with Crippen LogP contribution in [0.1, 0.15) is 26.3 Å². The molecule has 0 saturated carbocycles. The molecule has 1 aliphatic heterocycles. The molecule has 0 aliphatic carbocycles. The maximum Gasteiger partial charge on any atom is 0.137 e. The Morgan fingerprint density at radius 3 is 1.63 bits per heavy atom. The fraction of sp³-hybridized carbons (Fsp3) is 0.0658. The minimum atomic E-state index is -0.0791. The molecule has 6 nitrogen and oxygen atoms in total. The third-order valence-electron chi connectivity index (χ3n) is 16.4. The molecule has 0 atom stereocenters. The number of fused-ring (bicyclic) bond motifs is 8. The molecule has 6 heteroatoms. The fourth-order valence-electron chi connectivity index (χ4n) is 12.5. The summed E-state index contributed by atoms with van der Waals surface area (Å²) in [5, 5.41) is 4.71. The lowest BCUT2D eigenvalue weighted by Crippen LogP contribution is -2.25. The summed E-state index contributed by atoms with van der Waals surface area (Å²) in [5.41, 5.74) is 20.4. The molecule has 11 aromatic carbocycles. The zero-order chi connectivity index (χ0) is 54.9. The lowest BCUT2D eigenvalue weighted by molar-refractivity contribution is 0.483. The maximum absolute atomic E-state index is 7.05. The molecule has 3 aromatic heterocycles. The summed E-state index contributed by atoms with van der Waals surface area (Å²) in [6.45, 7) is 7.34. The van der Waals surface area contributed by atoms with Crippen LogP contribution in [-0.2, 0) is 5.41 Å². The SMILES string of the molecule is CC(C)(C)c1ccnc(-n2c3cc(Oc4cccc(N5CN(c6c(-c7cccc(-c8ccccc8)c7)cccc6-c6cccc(-c7ccccc7)c6)c6ccccc65)c4)ccc3c3c2ccc2c4ccccc4n(-c4ccccc4)c23)c1. The summed E-state index contributed by atoms with van der Waals surface area (Å²) in [6.07, 6.45) is 1.95. The van der Waals surface area contributed by atoms with E-state index in [0.717, 1.165) is 89.9 Å². The average Bonchev–Trinajstić information content (AvgIpc) is 4.38. The van der Waals surface area contributed by atoms with Crippen LogP contribution in [0.25, 0.3) is 99.6 Å². The van der Waals surface area contributed by atoms with Gasteiger partial charge < -0.3 is 19.1 Å². The van der Waals surface area contributed by atoms with Crippen molar-refractivity contribution >= 4 is 66.4 Å². The highest BCUT2D eigenvalue weighted by molar-refractivity contribution is 6.26. The van der Waals surface area contributed by atoms with Crippen LogP contribution in [0, 0.1) is 0 Å². The van der Waals surface area contributed by atoms with Gasteiger partial charge in [0, 0.05) is 62.4 Å². The number of pyridine rings is 1. The normalized spacial score (nSPS) is 12.5. The lowest BCUT2D eigenvalue weighted by Gasteiger charge is -2.27. The molecule has 0 radical (unpaired) electrons. The molecule has 1 aliphatic rings. The number of nitrogens with zero attached hydrogens (tertiary/aromatic N) is 5. The molecule has 4 heterocycles. The minimum absolute atomic E-state index is 0.0791. The number of rotatable bonds is 10. The van der Waals surface area contributed by atoms with Gasteiger partial charge in [0.25, 0.3) is 0 Å². The van der Waals surface area contributed by atoms with Crippen LogP contribution in [0.3, 0.4) is 0 Å². The van der Waals surface area contributed by atoms with Gasteiger partial charge in [-0.05, 0) is 129 Å². The number of hydrogen-bond acceptors (Lipinski definition) is 4. The zero-order valence-electron chi connectivity index (χ0n) is 45.9. The molecule has 14 aromatic rings. The number of anilines is 4. The van der Waals surface area contributed by atoms with Gasteiger partial charge in [-0.25, -0.2) is 4.98 Å². The smallest absolute Gasteiger partial charge is 0.137 e. The molecule has 0 spiro atoms. The van der Waals surface area contributed by atoms with Crippen molar-refractivity contribution in [2.45, 2.75) is 26.2 Å². The molecular weight excluding hydrogens is 999 g/mol. The summed E-state index contributed by atoms with van der Waals surface area (Å²) in [6, 6.07) is 98.3. The topological polar surface area (TPSA) is 38.5 Å². The fourth-order valence-corrected chi connectivity index (χ4v) is 12.5. The van der Waals surface area contributed by atoms with E-state index < -0.39 is 0 Å². The van der Waals surface area contributed by atoms with Crippen molar-refractivity contribution in [1.82, 2.24) is 14.1 Å². The summed E-state index contributed by atoms with van der Waals surface area (Å²) in [7, 11) is 0. The first-order valence-electron chi connectivity index (χ1n) is 28.2. The van der Waals surface area contributed by atoms with E-state index in [4.69, 9.17) is 9.72 Å². The van der Waals surface area contributed by atoms with Crippen molar-refractivity contribution in [2.75, 3.05) is 16.5 Å². The molecule has 82 heavy (non-hydrogen) atoms. The maximum atomic E-state index is 7.05. The standard InChI is InChI=1S/C76H57N5O/c1-76(2,3)57-43-44-77-72(47-57)81-70-42-41-65-64-33-13-14-36-67(64)80(58-29-11-6-12-30-58)75(65)73(70)66-40-39-61(49-71(66)81)82-60-32-19-31-59(48-60)78-50-79(69-38-16-15-37-68(69)78)74-62(55-27-17-25-53(45-55)51-21-7-4-8-22-51)34-20-35-63(74)56-28-18-26-54(46-56)52-23-9-5-10-24-52/h4-49H,50H2,1-3H3. The molecule has 0 unspecified atom stereocenters. The molecular formula is C76H57N5O. The largest absolute Gasteiger partial charge is 0.457 e. The Hall–Kier alpha value is -10.4. The number of hydrogen-bond donors (Lipinski definition) is 0. The second kappa shape index (κ2) is 19.7. The van der Waals surface area contributed by atoms with E-state index >= 15 is 0 Å². The predicted octanol–water partition coefficient (Wildman–Crippen LogP) is 20.3. The van der Waals surface area contributed by atoms with Crippen molar-refractivity contribution < 1.29 is 4.74 Å². The van der Waals surface area contributed by atoms with E-state index in [-0.39, 0.29) is 5.41 Å². The van der Waals surface area contributed by atoms with Gasteiger partial charge in [-0.2, -0.15) is 0 Å². The summed E-state index contributed by atoms with van der Waals surface area (Å²) in [5.74, 6) is 2.34. The Kier molecular flexibility index (Phi) is 11.7. The Labute approximate surface area is 477 Å². The number of ether oxygens (including phenoxy) is 1. The summed E-state index contributed by atoms with van der Waals surface area (Å²) >= 11 is 0. The van der Waals surface area contributed by atoms with Crippen molar-refractivity contribution in [3.8, 4) is 67.5 Å².